The lowest BCUT2D eigenvalue weighted by atomic mass is 10.1. The monoisotopic (exact) mass is 759 g/mol. The Morgan fingerprint density at radius 1 is 0.964 bits per heavy atom. The Labute approximate surface area is 309 Å². The quantitative estimate of drug-likeness (QED) is 0.184. The summed E-state index contributed by atoms with van der Waals surface area (Å²) < 4.78 is 57.9. The minimum absolute atomic E-state index is 0.0833. The number of halogens is 2. The fourth-order valence-electron chi connectivity index (χ4n) is 5.69. The maximum Gasteiger partial charge on any atom is 0.344 e. The van der Waals surface area contributed by atoms with Crippen LogP contribution in [0.3, 0.4) is 0 Å². The van der Waals surface area contributed by atoms with Crippen LogP contribution in [0.25, 0.3) is 16.6 Å². The minimum atomic E-state index is -2.22. The van der Waals surface area contributed by atoms with Crippen LogP contribution < -0.4 is 19.5 Å². The number of carbonyl (C=O) groups excluding carboxylic acids is 3. The first kappa shape index (κ1) is 36.6. The number of hydrogen-bond donors (Lipinski definition) is 3. The first-order valence-electron chi connectivity index (χ1n) is 16.7. The maximum absolute atomic E-state index is 15.4. The Hall–Kier alpha value is -6.73. The highest BCUT2D eigenvalue weighted by atomic mass is 19.1. The molecule has 17 nitrogen and oxygen atoms in total. The molecular formula is C36H31F2N7O10. The lowest BCUT2D eigenvalue weighted by Gasteiger charge is -2.32. The fraction of sp³-hybridized carbons (Fsp3) is 0.250. The number of aryl methyl sites for hydroxylation is 1. The molecule has 2 aliphatic rings. The summed E-state index contributed by atoms with van der Waals surface area (Å²) in [6, 6.07) is 10.3. The van der Waals surface area contributed by atoms with Gasteiger partial charge in [0.25, 0.3) is 5.91 Å². The highest BCUT2D eigenvalue weighted by Gasteiger charge is 2.38. The molecule has 5 heterocycles. The van der Waals surface area contributed by atoms with Crippen molar-refractivity contribution in [3.63, 3.8) is 0 Å². The van der Waals surface area contributed by atoms with Gasteiger partial charge in [-0.05, 0) is 25.1 Å². The number of amides is 1. The molecule has 0 spiro atoms. The number of aromatic nitrogens is 5. The lowest BCUT2D eigenvalue weighted by molar-refractivity contribution is -0.172. The molecule has 7 rings (SSSR count). The third kappa shape index (κ3) is 7.82. The predicted octanol–water partition coefficient (Wildman–Crippen LogP) is 3.37. The van der Waals surface area contributed by atoms with Gasteiger partial charge in [0.1, 0.15) is 41.9 Å². The number of fused-ring (bicyclic) bond motifs is 1. The van der Waals surface area contributed by atoms with E-state index in [1.54, 1.807) is 31.3 Å². The predicted molar refractivity (Wildman–Crippen MR) is 184 cm³/mol. The van der Waals surface area contributed by atoms with E-state index >= 15 is 4.39 Å². The molecule has 19 heteroatoms. The molecule has 2 aromatic carbocycles. The second-order valence-corrected chi connectivity index (χ2v) is 12.3. The van der Waals surface area contributed by atoms with Crippen LogP contribution in [0, 0.1) is 18.6 Å². The number of pyridine rings is 1. The summed E-state index contributed by atoms with van der Waals surface area (Å²) in [4.78, 5) is 50.9. The van der Waals surface area contributed by atoms with E-state index in [9.17, 15) is 29.0 Å². The van der Waals surface area contributed by atoms with E-state index in [-0.39, 0.29) is 41.9 Å². The topological polar surface area (TPSA) is 210 Å². The summed E-state index contributed by atoms with van der Waals surface area (Å²) in [6.45, 7) is 1.87. The van der Waals surface area contributed by atoms with Crippen molar-refractivity contribution >= 4 is 40.3 Å². The first-order chi connectivity index (χ1) is 26.5. The van der Waals surface area contributed by atoms with Gasteiger partial charge in [-0.25, -0.2) is 33.0 Å². The minimum Gasteiger partial charge on any atom is -0.493 e. The van der Waals surface area contributed by atoms with Crippen LogP contribution >= 0.6 is 0 Å². The highest BCUT2D eigenvalue weighted by molar-refractivity contribution is 5.96. The van der Waals surface area contributed by atoms with E-state index in [0.29, 0.717) is 47.2 Å². The molecule has 5 aromatic rings. The summed E-state index contributed by atoms with van der Waals surface area (Å²) in [7, 11) is 1.46. The van der Waals surface area contributed by atoms with Crippen molar-refractivity contribution in [1.82, 2.24) is 29.6 Å². The second-order valence-electron chi connectivity index (χ2n) is 12.3. The molecule has 0 radical (unpaired) electrons. The summed E-state index contributed by atoms with van der Waals surface area (Å²) in [6.07, 6.45) is 0.864. The smallest absolute Gasteiger partial charge is 0.344 e. The van der Waals surface area contributed by atoms with Crippen molar-refractivity contribution in [3.05, 3.63) is 90.5 Å². The maximum atomic E-state index is 15.4. The van der Waals surface area contributed by atoms with Gasteiger partial charge in [0.2, 0.25) is 11.6 Å². The lowest BCUT2D eigenvalue weighted by Crippen LogP contribution is -2.46. The number of esters is 2. The van der Waals surface area contributed by atoms with E-state index in [0.717, 1.165) is 0 Å². The molecular weight excluding hydrogens is 728 g/mol. The van der Waals surface area contributed by atoms with Gasteiger partial charge in [0.05, 0.1) is 35.9 Å². The molecule has 3 aromatic heterocycles. The SMILES string of the molecule is COc1cc2ncnc(Nc3ccc(Oc4ccn(-c5cnc(C)c(F)c5)n4)cc3F)c2cc1OC1CCN(C(=O)/C2=C/OC(=O)C(O)C(O)C(=O)O2)CC1. The Morgan fingerprint density at radius 3 is 2.49 bits per heavy atom. The number of ether oxygens (including phenoxy) is 5. The fourth-order valence-corrected chi connectivity index (χ4v) is 5.69. The number of hydrogen-bond acceptors (Lipinski definition) is 15. The number of rotatable bonds is 9. The van der Waals surface area contributed by atoms with E-state index in [4.69, 9.17) is 18.9 Å². The number of aliphatic hydroxyl groups excluding tert-OH is 2. The van der Waals surface area contributed by atoms with E-state index in [2.05, 4.69) is 30.1 Å². The highest BCUT2D eigenvalue weighted by Crippen LogP contribution is 2.37. The molecule has 2 unspecified atom stereocenters. The molecule has 1 saturated heterocycles. The number of benzene rings is 2. The van der Waals surface area contributed by atoms with Crippen LogP contribution in [0.1, 0.15) is 18.5 Å². The van der Waals surface area contributed by atoms with E-state index in [1.165, 1.54) is 53.5 Å². The van der Waals surface area contributed by atoms with Gasteiger partial charge >= 0.3 is 11.9 Å². The number of carbonyl (C=O) groups is 3. The van der Waals surface area contributed by atoms with Crippen LogP contribution in [0.15, 0.2) is 73.2 Å². The molecule has 3 N–H and O–H groups in total. The molecule has 1 amide bonds. The Kier molecular flexibility index (Phi) is 10.2. The third-order valence-corrected chi connectivity index (χ3v) is 8.68. The van der Waals surface area contributed by atoms with Crippen LogP contribution in [0.5, 0.6) is 23.1 Å². The number of aliphatic hydroxyl groups is 2. The van der Waals surface area contributed by atoms with Crippen molar-refractivity contribution in [1.29, 1.82) is 0 Å². The number of methoxy groups -OCH3 is 1. The van der Waals surface area contributed by atoms with E-state index in [1.807, 2.05) is 0 Å². The van der Waals surface area contributed by atoms with Crippen molar-refractivity contribution in [3.8, 4) is 28.8 Å². The van der Waals surface area contributed by atoms with Crippen molar-refractivity contribution < 1.29 is 57.1 Å². The van der Waals surface area contributed by atoms with Crippen LogP contribution in [-0.2, 0) is 23.9 Å². The van der Waals surface area contributed by atoms with Crippen LogP contribution in [0.2, 0.25) is 0 Å². The summed E-state index contributed by atoms with van der Waals surface area (Å²) in [5, 5.41) is 27.1. The molecule has 0 bridgehead atoms. The number of likely N-dealkylation sites (tertiary alicyclic amines) is 1. The molecule has 2 atom stereocenters. The zero-order chi connectivity index (χ0) is 38.8. The summed E-state index contributed by atoms with van der Waals surface area (Å²) >= 11 is 0. The first-order valence-corrected chi connectivity index (χ1v) is 16.7. The summed E-state index contributed by atoms with van der Waals surface area (Å²) in [5.74, 6) is -3.95. The van der Waals surface area contributed by atoms with Crippen molar-refractivity contribution in [2.75, 3.05) is 25.5 Å². The number of nitrogens with one attached hydrogen (secondary N) is 1. The van der Waals surface area contributed by atoms with Gasteiger partial charge in [0, 0.05) is 61.8 Å². The van der Waals surface area contributed by atoms with Crippen molar-refractivity contribution in [2.45, 2.75) is 38.1 Å². The van der Waals surface area contributed by atoms with Gasteiger partial charge in [-0.3, -0.25) is 9.78 Å². The molecule has 1 fully saturated rings. The number of piperidine rings is 1. The van der Waals surface area contributed by atoms with Gasteiger partial charge in [-0.1, -0.05) is 0 Å². The third-order valence-electron chi connectivity index (χ3n) is 8.68. The van der Waals surface area contributed by atoms with Gasteiger partial charge < -0.3 is 44.1 Å². The molecule has 0 aliphatic carbocycles. The number of cyclic esters (lactones) is 2. The molecule has 0 saturated carbocycles. The average molecular weight is 760 g/mol. The number of nitrogens with zero attached hydrogens (tertiary/aromatic N) is 6. The van der Waals surface area contributed by atoms with Crippen LogP contribution in [-0.4, -0.2) is 96.2 Å². The second kappa shape index (κ2) is 15.3. The largest absolute Gasteiger partial charge is 0.493 e. The summed E-state index contributed by atoms with van der Waals surface area (Å²) in [5.41, 5.74) is 1.20. The Balaban J connectivity index is 1.02. The van der Waals surface area contributed by atoms with E-state index < -0.39 is 53.6 Å². The normalized spacial score (nSPS) is 18.7. The van der Waals surface area contributed by atoms with Crippen LogP contribution in [0.4, 0.5) is 20.3 Å². The zero-order valence-electron chi connectivity index (χ0n) is 29.0. The molecule has 2 aliphatic heterocycles. The molecule has 284 valence electrons. The number of anilines is 2. The standard InChI is InChI=1S/C36H31F2N7O10/c1-18-23(37)11-19(15-39-18)45-10-7-30(43-45)54-21-3-4-25(24(38)12-21)42-33-22-13-28(27(51-2)14-26(22)40-17-41-33)53-20-5-8-44(9-6-20)34(48)29-16-52-35(49)31(46)32(47)36(50)55-29/h3-4,7,10-17,20,31-32,46-47H,5-6,8-9H2,1-2H3,(H,40,41,42)/b29-16-. The Morgan fingerprint density at radius 2 is 1.75 bits per heavy atom. The zero-order valence-corrected chi connectivity index (χ0v) is 29.0. The Bertz CT molecular complexity index is 2330. The van der Waals surface area contributed by atoms with Gasteiger partial charge in [-0.15, -0.1) is 5.10 Å². The average Bonchev–Trinajstić information content (AvgIpc) is 3.65. The molecule has 55 heavy (non-hydrogen) atoms. The van der Waals surface area contributed by atoms with Crippen molar-refractivity contribution in [2.24, 2.45) is 0 Å². The van der Waals surface area contributed by atoms with Gasteiger partial charge in [0.15, 0.2) is 23.7 Å². The van der Waals surface area contributed by atoms with Gasteiger partial charge in [-0.2, -0.15) is 0 Å².